The maximum absolute atomic E-state index is 13.3. The Balaban J connectivity index is 1.56. The topological polar surface area (TPSA) is 71.1 Å². The van der Waals surface area contributed by atoms with Crippen molar-refractivity contribution in [3.8, 4) is 11.9 Å². The first-order chi connectivity index (χ1) is 11.7. The highest BCUT2D eigenvalue weighted by molar-refractivity contribution is 5.48. The summed E-state index contributed by atoms with van der Waals surface area (Å²) in [6, 6.07) is 8.17. The van der Waals surface area contributed by atoms with Crippen LogP contribution in [0.3, 0.4) is 0 Å². The molecule has 0 aliphatic carbocycles. The number of rotatable bonds is 3. The summed E-state index contributed by atoms with van der Waals surface area (Å²) >= 11 is 0. The molecule has 2 aliphatic rings. The van der Waals surface area contributed by atoms with Crippen molar-refractivity contribution in [3.63, 3.8) is 0 Å². The van der Waals surface area contributed by atoms with Crippen LogP contribution in [0, 0.1) is 17.1 Å². The van der Waals surface area contributed by atoms with Gasteiger partial charge in [0.1, 0.15) is 24.3 Å². The highest BCUT2D eigenvalue weighted by Crippen LogP contribution is 2.32. The van der Waals surface area contributed by atoms with Crippen LogP contribution in [0.4, 0.5) is 10.2 Å². The summed E-state index contributed by atoms with van der Waals surface area (Å²) in [7, 11) is 0. The van der Waals surface area contributed by atoms with E-state index in [0.29, 0.717) is 18.2 Å². The highest BCUT2D eigenvalue weighted by Gasteiger charge is 2.34. The first kappa shape index (κ1) is 14.7. The van der Waals surface area contributed by atoms with Crippen LogP contribution >= 0.6 is 0 Å². The molecular formula is C17H15FN4O2. The second-order valence-corrected chi connectivity index (χ2v) is 6.05. The molecule has 6 nitrogen and oxygen atoms in total. The van der Waals surface area contributed by atoms with Gasteiger partial charge in [-0.3, -0.25) is 4.57 Å². The molecule has 0 saturated carbocycles. The zero-order valence-electron chi connectivity index (χ0n) is 12.9. The summed E-state index contributed by atoms with van der Waals surface area (Å²) in [6.07, 6.45) is 2.22. The first-order valence-electron chi connectivity index (χ1n) is 7.85. The molecule has 1 saturated heterocycles. The fraction of sp³-hybridized carbons (Fsp3) is 0.353. The summed E-state index contributed by atoms with van der Waals surface area (Å²) in [5.41, 5.74) is 0.307. The van der Waals surface area contributed by atoms with E-state index in [4.69, 9.17) is 10.00 Å². The molecule has 1 fully saturated rings. The van der Waals surface area contributed by atoms with Crippen molar-refractivity contribution in [1.29, 1.82) is 5.26 Å². The van der Waals surface area contributed by atoms with Gasteiger partial charge in [0.2, 0.25) is 5.88 Å². The van der Waals surface area contributed by atoms with Crippen molar-refractivity contribution in [3.05, 3.63) is 51.7 Å². The highest BCUT2D eigenvalue weighted by atomic mass is 19.1. The lowest BCUT2D eigenvalue weighted by atomic mass is 10.1. The lowest BCUT2D eigenvalue weighted by molar-refractivity contribution is 0.291. The fourth-order valence-electron chi connectivity index (χ4n) is 3.40. The Morgan fingerprint density at radius 1 is 1.42 bits per heavy atom. The van der Waals surface area contributed by atoms with Crippen LogP contribution in [0.1, 0.15) is 24.0 Å². The normalized spacial score (nSPS) is 18.2. The zero-order chi connectivity index (χ0) is 16.7. The molecule has 0 unspecified atom stereocenters. The van der Waals surface area contributed by atoms with Gasteiger partial charge in [0, 0.05) is 25.2 Å². The predicted octanol–water partition coefficient (Wildman–Crippen LogP) is 1.82. The number of hydrogen-bond acceptors (Lipinski definition) is 5. The Morgan fingerprint density at radius 2 is 2.29 bits per heavy atom. The van der Waals surface area contributed by atoms with Crippen molar-refractivity contribution in [2.75, 3.05) is 11.4 Å². The number of ether oxygens (including phenoxy) is 1. The van der Waals surface area contributed by atoms with Crippen LogP contribution in [-0.2, 0) is 13.2 Å². The van der Waals surface area contributed by atoms with E-state index in [1.165, 1.54) is 12.1 Å². The van der Waals surface area contributed by atoms with E-state index in [-0.39, 0.29) is 23.7 Å². The summed E-state index contributed by atoms with van der Waals surface area (Å²) in [5, 5.41) is 8.86. The number of anilines is 1. The third-order valence-electron chi connectivity index (χ3n) is 4.57. The van der Waals surface area contributed by atoms with E-state index in [1.807, 2.05) is 0 Å². The van der Waals surface area contributed by atoms with Crippen molar-refractivity contribution < 1.29 is 9.13 Å². The fourth-order valence-corrected chi connectivity index (χ4v) is 3.40. The molecule has 2 aromatic rings. The van der Waals surface area contributed by atoms with Gasteiger partial charge in [-0.2, -0.15) is 10.2 Å². The number of aromatic nitrogens is 2. The number of nitrogens with zero attached hydrogens (tertiary/aromatic N) is 4. The minimum absolute atomic E-state index is 0.0296. The average Bonchev–Trinajstić information content (AvgIpc) is 3.16. The van der Waals surface area contributed by atoms with Gasteiger partial charge in [-0.05, 0) is 30.5 Å². The third kappa shape index (κ3) is 2.40. The zero-order valence-corrected chi connectivity index (χ0v) is 12.9. The second-order valence-electron chi connectivity index (χ2n) is 6.05. The van der Waals surface area contributed by atoms with E-state index in [0.717, 1.165) is 25.2 Å². The number of benzene rings is 1. The van der Waals surface area contributed by atoms with Gasteiger partial charge in [0.15, 0.2) is 0 Å². The van der Waals surface area contributed by atoms with Crippen LogP contribution in [-0.4, -0.2) is 22.1 Å². The molecule has 0 N–H and O–H groups in total. The van der Waals surface area contributed by atoms with Crippen molar-refractivity contribution >= 4 is 5.82 Å². The Morgan fingerprint density at radius 3 is 3.12 bits per heavy atom. The Kier molecular flexibility index (Phi) is 3.45. The standard InChI is InChI=1S/C17H15FN4O2/c18-14-4-3-11(6-12(14)8-19)10-24-15-7-16-21-5-1-2-13(21)9-22(16)17(23)20-15/h3-4,6-7,13H,1-2,5,9-10H2/t13-/m0/s1. The summed E-state index contributed by atoms with van der Waals surface area (Å²) < 4.78 is 20.6. The largest absolute Gasteiger partial charge is 0.473 e. The van der Waals surface area contributed by atoms with Crippen molar-refractivity contribution in [1.82, 2.24) is 9.55 Å². The van der Waals surface area contributed by atoms with E-state index in [9.17, 15) is 9.18 Å². The maximum atomic E-state index is 13.3. The van der Waals surface area contributed by atoms with E-state index in [1.54, 1.807) is 22.8 Å². The minimum atomic E-state index is -0.560. The van der Waals surface area contributed by atoms with E-state index >= 15 is 0 Å². The SMILES string of the molecule is N#Cc1cc(COc2cc3n(c(=O)n2)C[C@@H]2CCCN32)ccc1F. The predicted molar refractivity (Wildman–Crippen MR) is 84.3 cm³/mol. The minimum Gasteiger partial charge on any atom is -0.473 e. The number of halogens is 1. The molecule has 24 heavy (non-hydrogen) atoms. The lowest BCUT2D eigenvalue weighted by Gasteiger charge is -2.17. The summed E-state index contributed by atoms with van der Waals surface area (Å²) in [4.78, 5) is 18.4. The van der Waals surface area contributed by atoms with Gasteiger partial charge in [0.25, 0.3) is 0 Å². The molecule has 0 amide bonds. The van der Waals surface area contributed by atoms with Crippen molar-refractivity contribution in [2.45, 2.75) is 32.0 Å². The molecule has 0 spiro atoms. The molecule has 3 heterocycles. The second kappa shape index (κ2) is 5.64. The lowest BCUT2D eigenvalue weighted by Crippen LogP contribution is -2.24. The number of nitriles is 1. The Hall–Kier alpha value is -2.88. The smallest absolute Gasteiger partial charge is 0.352 e. The Bertz CT molecular complexity index is 902. The van der Waals surface area contributed by atoms with Gasteiger partial charge >= 0.3 is 5.69 Å². The van der Waals surface area contributed by atoms with E-state index < -0.39 is 5.82 Å². The molecule has 1 aromatic heterocycles. The van der Waals surface area contributed by atoms with Crippen LogP contribution < -0.4 is 15.3 Å². The quantitative estimate of drug-likeness (QED) is 0.860. The van der Waals surface area contributed by atoms with Crippen LogP contribution in [0.5, 0.6) is 5.88 Å². The average molecular weight is 326 g/mol. The van der Waals surface area contributed by atoms with Crippen LogP contribution in [0.15, 0.2) is 29.1 Å². The molecule has 4 rings (SSSR count). The molecular weight excluding hydrogens is 311 g/mol. The molecule has 122 valence electrons. The molecule has 2 aliphatic heterocycles. The monoisotopic (exact) mass is 326 g/mol. The maximum Gasteiger partial charge on any atom is 0.352 e. The Labute approximate surface area is 137 Å². The molecule has 7 heteroatoms. The summed E-state index contributed by atoms with van der Waals surface area (Å²) in [5.74, 6) is 0.543. The van der Waals surface area contributed by atoms with Crippen LogP contribution in [0.2, 0.25) is 0 Å². The first-order valence-corrected chi connectivity index (χ1v) is 7.85. The number of fused-ring (bicyclic) bond motifs is 3. The third-order valence-corrected chi connectivity index (χ3v) is 4.57. The van der Waals surface area contributed by atoms with E-state index in [2.05, 4.69) is 9.88 Å². The van der Waals surface area contributed by atoms with Gasteiger partial charge in [-0.25, -0.2) is 9.18 Å². The number of hydrogen-bond donors (Lipinski definition) is 0. The van der Waals surface area contributed by atoms with Gasteiger partial charge in [-0.15, -0.1) is 0 Å². The van der Waals surface area contributed by atoms with Crippen molar-refractivity contribution in [2.24, 2.45) is 0 Å². The van der Waals surface area contributed by atoms with Crippen LogP contribution in [0.25, 0.3) is 0 Å². The van der Waals surface area contributed by atoms with Gasteiger partial charge < -0.3 is 9.64 Å². The van der Waals surface area contributed by atoms with Gasteiger partial charge in [-0.1, -0.05) is 6.07 Å². The molecule has 0 radical (unpaired) electrons. The van der Waals surface area contributed by atoms with Gasteiger partial charge in [0.05, 0.1) is 5.56 Å². The summed E-state index contributed by atoms with van der Waals surface area (Å²) in [6.45, 7) is 1.75. The molecule has 1 atom stereocenters. The molecule has 0 bridgehead atoms. The molecule has 1 aromatic carbocycles.